The van der Waals surface area contributed by atoms with Crippen LogP contribution in [0.4, 0.5) is 0 Å². The molecule has 90 heavy (non-hydrogen) atoms. The third-order valence-corrected chi connectivity index (χ3v) is 18.3. The Labute approximate surface area is 549 Å². The SMILES string of the molecule is CCCCCCCCCCCCCCCCCC(=O)OC[C@H](COP(=O)(O)OC[C@@H](O)COP(=O)(O)OC[C@@H](COC(=O)CCCCCCCCC(C)C)OC(=O)CCCCCCCCCCC(C)C)OC(=O)CCCCCCCCCCCCCCC(C)C. The van der Waals surface area contributed by atoms with E-state index in [1.807, 2.05) is 0 Å². The molecule has 5 atom stereocenters. The summed E-state index contributed by atoms with van der Waals surface area (Å²) in [7, 11) is -9.90. The molecule has 0 aliphatic carbocycles. The van der Waals surface area contributed by atoms with Gasteiger partial charge in [-0.25, -0.2) is 9.13 Å². The summed E-state index contributed by atoms with van der Waals surface area (Å²) < 4.78 is 68.3. The van der Waals surface area contributed by atoms with Crippen LogP contribution in [0.5, 0.6) is 0 Å². The van der Waals surface area contributed by atoms with Gasteiger partial charge in [0.15, 0.2) is 12.2 Å². The Hall–Kier alpha value is -1.94. The monoisotopic (exact) mass is 1320 g/mol. The van der Waals surface area contributed by atoms with Crippen LogP contribution in [-0.4, -0.2) is 96.7 Å². The van der Waals surface area contributed by atoms with Gasteiger partial charge in [-0.3, -0.25) is 37.3 Å². The molecule has 0 amide bonds. The minimum atomic E-state index is -4.95. The zero-order chi connectivity index (χ0) is 66.6. The summed E-state index contributed by atoms with van der Waals surface area (Å²) in [6.07, 6.45) is 46.0. The van der Waals surface area contributed by atoms with E-state index < -0.39 is 97.5 Å². The summed E-state index contributed by atoms with van der Waals surface area (Å²) in [5.74, 6) is 0.0469. The largest absolute Gasteiger partial charge is 0.472 e. The van der Waals surface area contributed by atoms with Crippen LogP contribution in [0, 0.1) is 17.8 Å². The van der Waals surface area contributed by atoms with Crippen molar-refractivity contribution >= 4 is 39.5 Å². The highest BCUT2D eigenvalue weighted by molar-refractivity contribution is 7.47. The Morgan fingerprint density at radius 3 is 0.756 bits per heavy atom. The molecule has 0 aromatic carbocycles. The normalized spacial score (nSPS) is 14.2. The first kappa shape index (κ1) is 88.1. The van der Waals surface area contributed by atoms with E-state index in [1.165, 1.54) is 161 Å². The average Bonchev–Trinajstić information content (AvgIpc) is 3.20. The van der Waals surface area contributed by atoms with E-state index in [2.05, 4.69) is 48.5 Å². The van der Waals surface area contributed by atoms with Crippen molar-refractivity contribution in [3.63, 3.8) is 0 Å². The molecule has 19 heteroatoms. The summed E-state index contributed by atoms with van der Waals surface area (Å²) in [4.78, 5) is 72.5. The van der Waals surface area contributed by atoms with Crippen LogP contribution in [0.3, 0.4) is 0 Å². The van der Waals surface area contributed by atoms with Crippen LogP contribution in [0.15, 0.2) is 0 Å². The summed E-state index contributed by atoms with van der Waals surface area (Å²) in [5.41, 5.74) is 0. The molecule has 0 bridgehead atoms. The maximum absolute atomic E-state index is 13.0. The van der Waals surface area contributed by atoms with Gasteiger partial charge in [0, 0.05) is 25.7 Å². The van der Waals surface area contributed by atoms with Crippen molar-refractivity contribution in [2.24, 2.45) is 17.8 Å². The predicted molar refractivity (Wildman–Crippen MR) is 363 cm³/mol. The van der Waals surface area contributed by atoms with Gasteiger partial charge in [0.1, 0.15) is 19.3 Å². The van der Waals surface area contributed by atoms with Crippen LogP contribution in [-0.2, 0) is 65.4 Å². The molecule has 0 fully saturated rings. The lowest BCUT2D eigenvalue weighted by Gasteiger charge is -2.21. The molecule has 3 N–H and O–H groups in total. The maximum atomic E-state index is 13.0. The number of esters is 4. The van der Waals surface area contributed by atoms with Crippen LogP contribution < -0.4 is 0 Å². The van der Waals surface area contributed by atoms with Crippen molar-refractivity contribution < 1.29 is 80.2 Å². The lowest BCUT2D eigenvalue weighted by Crippen LogP contribution is -2.30. The third kappa shape index (κ3) is 64.8. The van der Waals surface area contributed by atoms with Crippen molar-refractivity contribution in [2.75, 3.05) is 39.6 Å². The molecular formula is C71H138O17P2. The van der Waals surface area contributed by atoms with Gasteiger partial charge in [-0.05, 0) is 43.4 Å². The van der Waals surface area contributed by atoms with Crippen LogP contribution in [0.1, 0.15) is 357 Å². The highest BCUT2D eigenvalue weighted by atomic mass is 31.2. The lowest BCUT2D eigenvalue weighted by atomic mass is 10.0. The van der Waals surface area contributed by atoms with Crippen LogP contribution in [0.2, 0.25) is 0 Å². The van der Waals surface area contributed by atoms with E-state index >= 15 is 0 Å². The van der Waals surface area contributed by atoms with Gasteiger partial charge in [0.25, 0.3) is 0 Å². The van der Waals surface area contributed by atoms with E-state index in [0.29, 0.717) is 31.6 Å². The predicted octanol–water partition coefficient (Wildman–Crippen LogP) is 20.2. The number of phosphoric ester groups is 2. The molecule has 0 heterocycles. The van der Waals surface area contributed by atoms with E-state index in [1.54, 1.807) is 0 Å². The first-order valence-corrected chi connectivity index (χ1v) is 39.8. The Bertz CT molecular complexity index is 1770. The minimum Gasteiger partial charge on any atom is -0.462 e. The highest BCUT2D eigenvalue weighted by Crippen LogP contribution is 2.45. The minimum absolute atomic E-state index is 0.103. The molecule has 17 nitrogen and oxygen atoms in total. The molecule has 0 aliphatic heterocycles. The summed E-state index contributed by atoms with van der Waals surface area (Å²) >= 11 is 0. The van der Waals surface area contributed by atoms with Gasteiger partial charge < -0.3 is 33.8 Å². The van der Waals surface area contributed by atoms with Gasteiger partial charge in [0.05, 0.1) is 26.4 Å². The smallest absolute Gasteiger partial charge is 0.462 e. The number of unbranched alkanes of at least 4 members (excludes halogenated alkanes) is 37. The molecule has 0 saturated carbocycles. The second-order valence-electron chi connectivity index (χ2n) is 27.1. The number of aliphatic hydroxyl groups excluding tert-OH is 1. The van der Waals surface area contributed by atoms with Crippen molar-refractivity contribution in [3.05, 3.63) is 0 Å². The molecule has 534 valence electrons. The summed E-state index contributed by atoms with van der Waals surface area (Å²) in [5, 5.41) is 10.6. The van der Waals surface area contributed by atoms with E-state index in [9.17, 15) is 43.2 Å². The van der Waals surface area contributed by atoms with Crippen LogP contribution in [0.25, 0.3) is 0 Å². The fourth-order valence-electron chi connectivity index (χ4n) is 10.7. The Kier molecular flexibility index (Phi) is 60.6. The van der Waals surface area contributed by atoms with E-state index in [0.717, 1.165) is 108 Å². The zero-order valence-corrected chi connectivity index (χ0v) is 60.4. The van der Waals surface area contributed by atoms with Gasteiger partial charge in [0.2, 0.25) is 0 Å². The van der Waals surface area contributed by atoms with E-state index in [-0.39, 0.29) is 25.7 Å². The van der Waals surface area contributed by atoms with Gasteiger partial charge in [-0.15, -0.1) is 0 Å². The highest BCUT2D eigenvalue weighted by Gasteiger charge is 2.30. The molecule has 0 aliphatic rings. The van der Waals surface area contributed by atoms with Crippen LogP contribution >= 0.6 is 15.6 Å². The first-order chi connectivity index (χ1) is 43.2. The molecule has 0 rings (SSSR count). The standard InChI is InChI=1S/C71H138O17P2/c1-8-9-10-11-12-13-14-15-16-17-21-24-30-38-45-52-68(73)81-58-66(87-70(75)54-47-40-31-25-22-19-18-20-23-28-35-42-49-62(2)3)60-85-89(77,78)83-56-65(72)57-84-90(79,80)86-61-67(59-82-69(74)53-46-39-34-33-37-44-51-64(6)7)88-71(76)55-48-41-32-27-26-29-36-43-50-63(4)5/h62-67,72H,8-61H2,1-7H3,(H,77,78)(H,79,80)/t65-,66-,67-/m1/s1. The fourth-order valence-corrected chi connectivity index (χ4v) is 12.3. The second-order valence-corrected chi connectivity index (χ2v) is 30.0. The summed E-state index contributed by atoms with van der Waals surface area (Å²) in [6.45, 7) is 11.7. The van der Waals surface area contributed by atoms with Gasteiger partial charge in [-0.1, -0.05) is 305 Å². The molecule has 2 unspecified atom stereocenters. The fraction of sp³-hybridized carbons (Fsp3) is 0.944. The average molecular weight is 1330 g/mol. The van der Waals surface area contributed by atoms with Crippen molar-refractivity contribution in [3.8, 4) is 0 Å². The number of rotatable bonds is 69. The Morgan fingerprint density at radius 2 is 0.511 bits per heavy atom. The Balaban J connectivity index is 5.24. The van der Waals surface area contributed by atoms with Gasteiger partial charge >= 0.3 is 39.5 Å². The lowest BCUT2D eigenvalue weighted by molar-refractivity contribution is -0.161. The molecule has 0 radical (unpaired) electrons. The summed E-state index contributed by atoms with van der Waals surface area (Å²) in [6, 6.07) is 0. The molecular weight excluding hydrogens is 1190 g/mol. The third-order valence-electron chi connectivity index (χ3n) is 16.4. The number of hydrogen-bond acceptors (Lipinski definition) is 15. The van der Waals surface area contributed by atoms with Crippen molar-refractivity contribution in [1.29, 1.82) is 0 Å². The molecule has 0 saturated heterocycles. The van der Waals surface area contributed by atoms with Gasteiger partial charge in [-0.2, -0.15) is 0 Å². The molecule has 0 aromatic heterocycles. The Morgan fingerprint density at radius 1 is 0.300 bits per heavy atom. The molecule has 0 aromatic rings. The van der Waals surface area contributed by atoms with Crippen molar-refractivity contribution in [2.45, 2.75) is 375 Å². The topological polar surface area (TPSA) is 237 Å². The first-order valence-electron chi connectivity index (χ1n) is 36.8. The van der Waals surface area contributed by atoms with E-state index in [4.69, 9.17) is 37.0 Å². The number of hydrogen-bond donors (Lipinski definition) is 3. The number of carbonyl (C=O) groups is 4. The zero-order valence-electron chi connectivity index (χ0n) is 58.6. The second kappa shape index (κ2) is 61.9. The number of carbonyl (C=O) groups excluding carboxylic acids is 4. The maximum Gasteiger partial charge on any atom is 0.472 e. The number of ether oxygens (including phenoxy) is 4. The van der Waals surface area contributed by atoms with Crippen molar-refractivity contribution in [1.82, 2.24) is 0 Å². The molecule has 0 spiro atoms. The number of phosphoric acid groups is 2. The number of aliphatic hydroxyl groups is 1. The quantitative estimate of drug-likeness (QED) is 0.0222.